The number of anilines is 1. The Labute approximate surface area is 144 Å². The second-order valence-electron chi connectivity index (χ2n) is 5.30. The molecule has 1 amide bonds. The van der Waals surface area contributed by atoms with E-state index in [9.17, 15) is 13.6 Å². The van der Waals surface area contributed by atoms with E-state index in [0.29, 0.717) is 11.4 Å². The fourth-order valence-electron chi connectivity index (χ4n) is 2.30. The van der Waals surface area contributed by atoms with Gasteiger partial charge in [0.15, 0.2) is 18.1 Å². The van der Waals surface area contributed by atoms with E-state index in [-0.39, 0.29) is 18.1 Å². The molecule has 2 rings (SSSR count). The number of carbonyl (C=O) groups excluding carboxylic acids is 1. The Hall–Kier alpha value is -2.83. The molecule has 0 unspecified atom stereocenters. The molecule has 2 aromatic carbocycles. The number of carbonyl (C=O) groups is 1. The van der Waals surface area contributed by atoms with Gasteiger partial charge in [0.05, 0.1) is 7.11 Å². The zero-order chi connectivity index (χ0) is 18.4. The number of halogens is 2. The molecule has 1 N–H and O–H groups in total. The van der Waals surface area contributed by atoms with Crippen molar-refractivity contribution in [3.63, 3.8) is 0 Å². The SMILES string of the molecule is COc1ccc(NC(=O)COc2c(C)cccc2C)cc1OC(F)F. The maximum atomic E-state index is 12.4. The Morgan fingerprint density at radius 1 is 1.12 bits per heavy atom. The van der Waals surface area contributed by atoms with Crippen LogP contribution in [0.5, 0.6) is 17.2 Å². The van der Waals surface area contributed by atoms with Crippen molar-refractivity contribution in [3.8, 4) is 17.2 Å². The quantitative estimate of drug-likeness (QED) is 0.821. The van der Waals surface area contributed by atoms with Crippen molar-refractivity contribution in [2.45, 2.75) is 20.5 Å². The van der Waals surface area contributed by atoms with Gasteiger partial charge in [-0.15, -0.1) is 0 Å². The average Bonchev–Trinajstić information content (AvgIpc) is 2.54. The third-order valence-corrected chi connectivity index (χ3v) is 3.42. The number of rotatable bonds is 7. The lowest BCUT2D eigenvalue weighted by molar-refractivity contribution is -0.118. The van der Waals surface area contributed by atoms with Crippen molar-refractivity contribution in [1.29, 1.82) is 0 Å². The fourth-order valence-corrected chi connectivity index (χ4v) is 2.30. The molecule has 0 aromatic heterocycles. The molecule has 0 aliphatic rings. The molecule has 0 spiro atoms. The number of methoxy groups -OCH3 is 1. The zero-order valence-corrected chi connectivity index (χ0v) is 14.1. The van der Waals surface area contributed by atoms with Gasteiger partial charge in [0.1, 0.15) is 5.75 Å². The molecule has 7 heteroatoms. The van der Waals surface area contributed by atoms with Crippen LogP contribution in [0.25, 0.3) is 0 Å². The topological polar surface area (TPSA) is 56.8 Å². The fraction of sp³-hybridized carbons (Fsp3) is 0.278. The van der Waals surface area contributed by atoms with Crippen LogP contribution in [0.1, 0.15) is 11.1 Å². The maximum absolute atomic E-state index is 12.4. The number of para-hydroxylation sites is 1. The van der Waals surface area contributed by atoms with Gasteiger partial charge >= 0.3 is 6.61 Å². The van der Waals surface area contributed by atoms with Crippen LogP contribution in [0.2, 0.25) is 0 Å². The molecule has 0 radical (unpaired) electrons. The molecule has 0 saturated heterocycles. The summed E-state index contributed by atoms with van der Waals surface area (Å²) < 4.78 is 39.7. The molecular formula is C18H19F2NO4. The Balaban J connectivity index is 2.03. The molecule has 2 aromatic rings. The van der Waals surface area contributed by atoms with Gasteiger partial charge in [-0.2, -0.15) is 8.78 Å². The molecule has 0 bridgehead atoms. The van der Waals surface area contributed by atoms with Crippen molar-refractivity contribution in [3.05, 3.63) is 47.5 Å². The summed E-state index contributed by atoms with van der Waals surface area (Å²) in [7, 11) is 1.34. The van der Waals surface area contributed by atoms with Crippen LogP contribution < -0.4 is 19.5 Å². The number of hydrogen-bond acceptors (Lipinski definition) is 4. The summed E-state index contributed by atoms with van der Waals surface area (Å²) in [5.41, 5.74) is 2.14. The van der Waals surface area contributed by atoms with Crippen LogP contribution >= 0.6 is 0 Å². The number of ether oxygens (including phenoxy) is 3. The molecule has 25 heavy (non-hydrogen) atoms. The van der Waals surface area contributed by atoms with Gasteiger partial charge in [-0.05, 0) is 37.1 Å². The van der Waals surface area contributed by atoms with Crippen molar-refractivity contribution in [1.82, 2.24) is 0 Å². The van der Waals surface area contributed by atoms with Gasteiger partial charge in [0, 0.05) is 11.8 Å². The predicted octanol–water partition coefficient (Wildman–Crippen LogP) is 3.93. The van der Waals surface area contributed by atoms with Gasteiger partial charge < -0.3 is 19.5 Å². The second kappa shape index (κ2) is 8.32. The highest BCUT2D eigenvalue weighted by atomic mass is 19.3. The molecule has 0 aliphatic heterocycles. The second-order valence-corrected chi connectivity index (χ2v) is 5.30. The number of nitrogens with one attached hydrogen (secondary N) is 1. The number of aryl methyl sites for hydroxylation is 2. The molecule has 0 heterocycles. The summed E-state index contributed by atoms with van der Waals surface area (Å²) in [6.07, 6.45) is 0. The smallest absolute Gasteiger partial charge is 0.387 e. The van der Waals surface area contributed by atoms with E-state index in [4.69, 9.17) is 9.47 Å². The van der Waals surface area contributed by atoms with E-state index < -0.39 is 12.5 Å². The van der Waals surface area contributed by atoms with E-state index in [1.54, 1.807) is 0 Å². The highest BCUT2D eigenvalue weighted by molar-refractivity contribution is 5.92. The minimum Gasteiger partial charge on any atom is -0.493 e. The van der Waals surface area contributed by atoms with Crippen LogP contribution in [0, 0.1) is 13.8 Å². The first-order valence-electron chi connectivity index (χ1n) is 7.52. The van der Waals surface area contributed by atoms with E-state index in [0.717, 1.165) is 11.1 Å². The predicted molar refractivity (Wildman–Crippen MR) is 89.7 cm³/mol. The summed E-state index contributed by atoms with van der Waals surface area (Å²) in [5.74, 6) is 0.209. The minimum atomic E-state index is -2.99. The van der Waals surface area contributed by atoms with Gasteiger partial charge in [-0.25, -0.2) is 0 Å². The number of hydrogen-bond donors (Lipinski definition) is 1. The summed E-state index contributed by atoms with van der Waals surface area (Å²) in [4.78, 5) is 12.0. The average molecular weight is 351 g/mol. The van der Waals surface area contributed by atoms with E-state index >= 15 is 0 Å². The van der Waals surface area contributed by atoms with E-state index in [1.807, 2.05) is 32.0 Å². The van der Waals surface area contributed by atoms with Gasteiger partial charge in [-0.3, -0.25) is 4.79 Å². The van der Waals surface area contributed by atoms with Crippen molar-refractivity contribution in [2.75, 3.05) is 19.0 Å². The lowest BCUT2D eigenvalue weighted by atomic mass is 10.1. The first kappa shape index (κ1) is 18.5. The van der Waals surface area contributed by atoms with Gasteiger partial charge in [0.2, 0.25) is 0 Å². The molecule has 0 saturated carbocycles. The van der Waals surface area contributed by atoms with Crippen molar-refractivity contribution < 1.29 is 27.8 Å². The summed E-state index contributed by atoms with van der Waals surface area (Å²) in [6.45, 7) is 0.574. The molecule has 0 atom stereocenters. The van der Waals surface area contributed by atoms with Crippen LogP contribution in [-0.2, 0) is 4.79 Å². The first-order valence-corrected chi connectivity index (χ1v) is 7.52. The molecule has 0 fully saturated rings. The zero-order valence-electron chi connectivity index (χ0n) is 14.1. The Kier molecular flexibility index (Phi) is 6.16. The van der Waals surface area contributed by atoms with Crippen molar-refractivity contribution >= 4 is 11.6 Å². The lowest BCUT2D eigenvalue weighted by Crippen LogP contribution is -2.20. The highest BCUT2D eigenvalue weighted by Gasteiger charge is 2.13. The van der Waals surface area contributed by atoms with Crippen LogP contribution in [0.3, 0.4) is 0 Å². The molecular weight excluding hydrogens is 332 g/mol. The number of benzene rings is 2. The van der Waals surface area contributed by atoms with Crippen LogP contribution in [0.15, 0.2) is 36.4 Å². The highest BCUT2D eigenvalue weighted by Crippen LogP contribution is 2.31. The number of amides is 1. The largest absolute Gasteiger partial charge is 0.493 e. The maximum Gasteiger partial charge on any atom is 0.387 e. The van der Waals surface area contributed by atoms with Crippen LogP contribution in [0.4, 0.5) is 14.5 Å². The van der Waals surface area contributed by atoms with E-state index in [1.165, 1.54) is 25.3 Å². The summed E-state index contributed by atoms with van der Waals surface area (Å²) in [6, 6.07) is 9.89. The van der Waals surface area contributed by atoms with Gasteiger partial charge in [0.25, 0.3) is 5.91 Å². The summed E-state index contributed by atoms with van der Waals surface area (Å²) >= 11 is 0. The number of alkyl halides is 2. The Morgan fingerprint density at radius 3 is 2.40 bits per heavy atom. The van der Waals surface area contributed by atoms with Crippen molar-refractivity contribution in [2.24, 2.45) is 0 Å². The lowest BCUT2D eigenvalue weighted by Gasteiger charge is -2.14. The third-order valence-electron chi connectivity index (χ3n) is 3.42. The molecule has 5 nitrogen and oxygen atoms in total. The molecule has 0 aliphatic carbocycles. The first-order chi connectivity index (χ1) is 11.9. The summed E-state index contributed by atoms with van der Waals surface area (Å²) in [5, 5.41) is 2.57. The standard InChI is InChI=1S/C18H19F2NO4/c1-11-5-4-6-12(2)17(11)24-10-16(22)21-13-7-8-14(23-3)15(9-13)25-18(19)20/h4-9,18H,10H2,1-3H3,(H,21,22). The Bertz CT molecular complexity index is 730. The van der Waals surface area contributed by atoms with E-state index in [2.05, 4.69) is 10.1 Å². The third kappa shape index (κ3) is 5.07. The van der Waals surface area contributed by atoms with Gasteiger partial charge in [-0.1, -0.05) is 18.2 Å². The van der Waals surface area contributed by atoms with Crippen LogP contribution in [-0.4, -0.2) is 26.2 Å². The Morgan fingerprint density at radius 2 is 1.80 bits per heavy atom. The minimum absolute atomic E-state index is 0.144. The molecule has 134 valence electrons. The normalized spacial score (nSPS) is 10.5. The monoisotopic (exact) mass is 351 g/mol.